The van der Waals surface area contributed by atoms with E-state index in [1.165, 1.54) is 18.2 Å². The van der Waals surface area contributed by atoms with E-state index in [2.05, 4.69) is 15.4 Å². The first kappa shape index (κ1) is 25.3. The summed E-state index contributed by atoms with van der Waals surface area (Å²) in [5.41, 5.74) is 0.834. The summed E-state index contributed by atoms with van der Waals surface area (Å²) in [5.74, 6) is -1.49. The van der Waals surface area contributed by atoms with Crippen molar-refractivity contribution in [3.8, 4) is 0 Å². The van der Waals surface area contributed by atoms with E-state index in [1.54, 1.807) is 30.3 Å². The van der Waals surface area contributed by atoms with Gasteiger partial charge in [0.05, 0.1) is 24.6 Å². The summed E-state index contributed by atoms with van der Waals surface area (Å²) in [4.78, 5) is 46.7. The van der Waals surface area contributed by atoms with Crippen molar-refractivity contribution in [3.05, 3.63) is 75.8 Å². The van der Waals surface area contributed by atoms with Crippen LogP contribution in [0.1, 0.15) is 17.5 Å². The number of nitrogens with one attached hydrogen (secondary N) is 2. The van der Waals surface area contributed by atoms with Crippen LogP contribution in [0.5, 0.6) is 0 Å². The third kappa shape index (κ3) is 8.57. The molecule has 3 N–H and O–H groups in total. The van der Waals surface area contributed by atoms with E-state index in [1.807, 2.05) is 6.07 Å². The van der Waals surface area contributed by atoms with E-state index >= 15 is 0 Å². The molecule has 0 aliphatic rings. The Kier molecular flexibility index (Phi) is 9.78. The molecule has 0 bridgehead atoms. The van der Waals surface area contributed by atoms with Crippen LogP contribution in [-0.2, 0) is 32.1 Å². The van der Waals surface area contributed by atoms with Gasteiger partial charge in [-0.15, -0.1) is 0 Å². The molecule has 176 valence electrons. The van der Waals surface area contributed by atoms with Crippen LogP contribution in [0.3, 0.4) is 0 Å². The normalized spacial score (nSPS) is 12.2. The lowest BCUT2D eigenvalue weighted by Gasteiger charge is -2.18. The highest BCUT2D eigenvalue weighted by atomic mass is 16.6. The van der Waals surface area contributed by atoms with Crippen molar-refractivity contribution in [1.29, 1.82) is 0 Å². The molecule has 0 saturated heterocycles. The lowest BCUT2D eigenvalue weighted by molar-refractivity contribution is -0.385. The molecule has 2 amide bonds. The van der Waals surface area contributed by atoms with Gasteiger partial charge in [0.2, 0.25) is 5.91 Å². The molecule has 0 unspecified atom stereocenters. The van der Waals surface area contributed by atoms with Crippen molar-refractivity contribution in [2.24, 2.45) is 0 Å². The van der Waals surface area contributed by atoms with Gasteiger partial charge >= 0.3 is 12.1 Å². The summed E-state index contributed by atoms with van der Waals surface area (Å²) in [5, 5.41) is 26.0. The van der Waals surface area contributed by atoms with Crippen LogP contribution in [0.2, 0.25) is 0 Å². The van der Waals surface area contributed by atoms with Gasteiger partial charge in [-0.2, -0.15) is 0 Å². The van der Waals surface area contributed by atoms with Crippen molar-refractivity contribution in [1.82, 2.24) is 10.6 Å². The smallest absolute Gasteiger partial charge is 0.407 e. The number of hydrogen-bond donors (Lipinski definition) is 3. The minimum absolute atomic E-state index is 0.0513. The number of methoxy groups -OCH3 is 1. The van der Waals surface area contributed by atoms with E-state index in [0.29, 0.717) is 0 Å². The number of alkyl carbamates (subject to hydrolysis) is 1. The standard InChI is InChI=1S/C22H25N3O8/c1-32-21(28)18(11-16-9-5-6-10-19(16)25(30)31)24-20(27)12-17(26)13-23-22(29)33-14-15-7-3-2-4-8-15/h2-10,17-18,26H,11-14H2,1H3,(H,23,29)(H,24,27)/t17-,18+/m0/s1. The number of aliphatic hydroxyl groups excluding tert-OH is 1. The number of nitro benzene ring substituents is 1. The quantitative estimate of drug-likeness (QED) is 0.259. The Morgan fingerprint density at radius 1 is 1.09 bits per heavy atom. The highest BCUT2D eigenvalue weighted by molar-refractivity contribution is 5.85. The molecule has 2 aromatic rings. The second-order valence-corrected chi connectivity index (χ2v) is 7.03. The number of nitrogens with zero attached hydrogens (tertiary/aromatic N) is 1. The van der Waals surface area contributed by atoms with Crippen LogP contribution in [0.4, 0.5) is 10.5 Å². The molecule has 0 fully saturated rings. The molecule has 0 saturated carbocycles. The van der Waals surface area contributed by atoms with Gasteiger partial charge in [-0.05, 0) is 5.56 Å². The Morgan fingerprint density at radius 2 is 1.76 bits per heavy atom. The van der Waals surface area contributed by atoms with Gasteiger partial charge in [-0.1, -0.05) is 48.5 Å². The minimum atomic E-state index is -1.25. The Morgan fingerprint density at radius 3 is 2.42 bits per heavy atom. The fourth-order valence-electron chi connectivity index (χ4n) is 2.93. The second kappa shape index (κ2) is 12.8. The predicted octanol–water partition coefficient (Wildman–Crippen LogP) is 1.47. The molecule has 11 heteroatoms. The maximum Gasteiger partial charge on any atom is 0.407 e. The largest absolute Gasteiger partial charge is 0.467 e. The maximum atomic E-state index is 12.3. The number of ether oxygens (including phenoxy) is 2. The highest BCUT2D eigenvalue weighted by Gasteiger charge is 2.26. The molecule has 11 nitrogen and oxygen atoms in total. The molecular weight excluding hydrogens is 434 g/mol. The molecule has 0 heterocycles. The van der Waals surface area contributed by atoms with Crippen LogP contribution in [-0.4, -0.2) is 53.8 Å². The maximum absolute atomic E-state index is 12.3. The monoisotopic (exact) mass is 459 g/mol. The number of carbonyl (C=O) groups is 3. The van der Waals surface area contributed by atoms with Gasteiger partial charge in [-0.3, -0.25) is 14.9 Å². The van der Waals surface area contributed by atoms with Crippen molar-refractivity contribution < 1.29 is 33.9 Å². The number of aliphatic hydroxyl groups is 1. The average molecular weight is 459 g/mol. The molecule has 0 spiro atoms. The summed E-state index contributed by atoms with van der Waals surface area (Å²) in [6.45, 7) is -0.205. The van der Waals surface area contributed by atoms with Crippen molar-refractivity contribution >= 4 is 23.7 Å². The average Bonchev–Trinajstić information content (AvgIpc) is 2.81. The Bertz CT molecular complexity index is 967. The molecular formula is C22H25N3O8. The first-order valence-corrected chi connectivity index (χ1v) is 10.0. The molecule has 0 radical (unpaired) electrons. The third-order valence-electron chi connectivity index (χ3n) is 4.55. The Balaban J connectivity index is 1.84. The van der Waals surface area contributed by atoms with E-state index in [4.69, 9.17) is 4.74 Å². The summed E-state index contributed by atoms with van der Waals surface area (Å²) in [6.07, 6.45) is -2.61. The van der Waals surface area contributed by atoms with Gasteiger partial charge in [0, 0.05) is 24.6 Å². The topological polar surface area (TPSA) is 157 Å². The first-order valence-electron chi connectivity index (χ1n) is 10.0. The Labute approximate surface area is 189 Å². The van der Waals surface area contributed by atoms with Crippen molar-refractivity contribution in [3.63, 3.8) is 0 Å². The van der Waals surface area contributed by atoms with E-state index in [-0.39, 0.29) is 30.8 Å². The second-order valence-electron chi connectivity index (χ2n) is 7.03. The molecule has 0 aliphatic heterocycles. The SMILES string of the molecule is COC(=O)[C@@H](Cc1ccccc1[N+](=O)[O-])NC(=O)C[C@H](O)CNC(=O)OCc1ccccc1. The zero-order valence-electron chi connectivity index (χ0n) is 17.9. The number of para-hydroxylation sites is 1. The molecule has 2 rings (SSSR count). The zero-order valence-corrected chi connectivity index (χ0v) is 17.9. The number of carbonyl (C=O) groups excluding carboxylic acids is 3. The fourth-order valence-corrected chi connectivity index (χ4v) is 2.93. The lowest BCUT2D eigenvalue weighted by Crippen LogP contribution is -2.45. The number of benzene rings is 2. The van der Waals surface area contributed by atoms with Crippen LogP contribution in [0.25, 0.3) is 0 Å². The number of hydrogen-bond acceptors (Lipinski definition) is 8. The molecule has 0 aliphatic carbocycles. The number of rotatable bonds is 11. The minimum Gasteiger partial charge on any atom is -0.467 e. The van der Waals surface area contributed by atoms with Crippen molar-refractivity contribution in [2.75, 3.05) is 13.7 Å². The van der Waals surface area contributed by atoms with Gasteiger partial charge in [0.1, 0.15) is 12.6 Å². The van der Waals surface area contributed by atoms with E-state index in [9.17, 15) is 29.6 Å². The number of nitro groups is 1. The molecule has 33 heavy (non-hydrogen) atoms. The summed E-state index contributed by atoms with van der Waals surface area (Å²) < 4.78 is 9.69. The van der Waals surface area contributed by atoms with Gasteiger partial charge in [-0.25, -0.2) is 9.59 Å². The molecule has 2 aromatic carbocycles. The number of esters is 1. The third-order valence-corrected chi connectivity index (χ3v) is 4.55. The highest BCUT2D eigenvalue weighted by Crippen LogP contribution is 2.19. The molecule has 2 atom stereocenters. The zero-order chi connectivity index (χ0) is 24.2. The van der Waals surface area contributed by atoms with E-state index in [0.717, 1.165) is 12.7 Å². The number of amides is 2. The molecule has 0 aromatic heterocycles. The van der Waals surface area contributed by atoms with Crippen molar-refractivity contribution in [2.45, 2.75) is 31.6 Å². The first-order chi connectivity index (χ1) is 15.8. The van der Waals surface area contributed by atoms with Crippen LogP contribution < -0.4 is 10.6 Å². The summed E-state index contributed by atoms with van der Waals surface area (Å²) in [6, 6.07) is 13.6. The van der Waals surface area contributed by atoms with Gasteiger partial charge < -0.3 is 25.2 Å². The van der Waals surface area contributed by atoms with Crippen LogP contribution >= 0.6 is 0 Å². The summed E-state index contributed by atoms with van der Waals surface area (Å²) >= 11 is 0. The Hall–Kier alpha value is -3.99. The van der Waals surface area contributed by atoms with Crippen LogP contribution in [0.15, 0.2) is 54.6 Å². The van der Waals surface area contributed by atoms with E-state index < -0.39 is 41.5 Å². The fraction of sp³-hybridized carbons (Fsp3) is 0.318. The van der Waals surface area contributed by atoms with Crippen LogP contribution in [0, 0.1) is 10.1 Å². The predicted molar refractivity (Wildman–Crippen MR) is 116 cm³/mol. The van der Waals surface area contributed by atoms with Gasteiger partial charge in [0.15, 0.2) is 0 Å². The van der Waals surface area contributed by atoms with Gasteiger partial charge in [0.25, 0.3) is 5.69 Å². The lowest BCUT2D eigenvalue weighted by atomic mass is 10.0. The summed E-state index contributed by atoms with van der Waals surface area (Å²) in [7, 11) is 1.13.